The first-order chi connectivity index (χ1) is 11.2. The monoisotopic (exact) mass is 330 g/mol. The first-order valence-electron chi connectivity index (χ1n) is 7.68. The number of halogens is 1. The SMILES string of the molecule is CCc1nc2ccccc2n1C[C@H](O)COc1ccccc1Cl. The van der Waals surface area contributed by atoms with E-state index in [4.69, 9.17) is 16.3 Å². The van der Waals surface area contributed by atoms with E-state index in [2.05, 4.69) is 16.5 Å². The Morgan fingerprint density at radius 3 is 2.70 bits per heavy atom. The molecule has 1 aromatic heterocycles. The van der Waals surface area contributed by atoms with Gasteiger partial charge in [0.2, 0.25) is 0 Å². The topological polar surface area (TPSA) is 47.3 Å². The van der Waals surface area contributed by atoms with Crippen molar-refractivity contribution in [3.63, 3.8) is 0 Å². The molecule has 0 unspecified atom stereocenters. The molecule has 0 saturated carbocycles. The lowest BCUT2D eigenvalue weighted by atomic mass is 10.3. The van der Waals surface area contributed by atoms with Gasteiger partial charge in [-0.05, 0) is 24.3 Å². The van der Waals surface area contributed by atoms with E-state index >= 15 is 0 Å². The van der Waals surface area contributed by atoms with Gasteiger partial charge in [-0.1, -0.05) is 42.8 Å². The number of para-hydroxylation sites is 3. The van der Waals surface area contributed by atoms with E-state index in [1.165, 1.54) is 0 Å². The van der Waals surface area contributed by atoms with E-state index in [0.717, 1.165) is 23.3 Å². The van der Waals surface area contributed by atoms with Crippen molar-refractivity contribution in [3.05, 3.63) is 59.4 Å². The van der Waals surface area contributed by atoms with Gasteiger partial charge in [0.1, 0.15) is 24.3 Å². The molecule has 0 aliphatic carbocycles. The van der Waals surface area contributed by atoms with Crippen LogP contribution in [0.5, 0.6) is 5.75 Å². The van der Waals surface area contributed by atoms with Crippen molar-refractivity contribution in [2.75, 3.05) is 6.61 Å². The lowest BCUT2D eigenvalue weighted by molar-refractivity contribution is 0.0928. The standard InChI is InChI=1S/C18H19ClN2O2/c1-2-18-20-15-8-4-5-9-16(15)21(18)11-13(22)12-23-17-10-6-3-7-14(17)19/h3-10,13,22H,2,11-12H2,1H3/t13-/m0/s1. The molecular formula is C18H19ClN2O2. The zero-order chi connectivity index (χ0) is 16.2. The molecule has 0 radical (unpaired) electrons. The van der Waals surface area contributed by atoms with Crippen LogP contribution in [0.25, 0.3) is 11.0 Å². The highest BCUT2D eigenvalue weighted by molar-refractivity contribution is 6.32. The summed E-state index contributed by atoms with van der Waals surface area (Å²) in [6, 6.07) is 15.2. The van der Waals surface area contributed by atoms with Crippen LogP contribution in [0, 0.1) is 0 Å². The van der Waals surface area contributed by atoms with E-state index in [9.17, 15) is 5.11 Å². The van der Waals surface area contributed by atoms with Gasteiger partial charge in [0.15, 0.2) is 0 Å². The Morgan fingerprint density at radius 2 is 1.91 bits per heavy atom. The molecule has 0 fully saturated rings. The Labute approximate surface area is 140 Å². The molecular weight excluding hydrogens is 312 g/mol. The molecule has 0 spiro atoms. The summed E-state index contributed by atoms with van der Waals surface area (Å²) in [6.45, 7) is 2.68. The van der Waals surface area contributed by atoms with Crippen molar-refractivity contribution in [1.29, 1.82) is 0 Å². The van der Waals surface area contributed by atoms with Gasteiger partial charge in [0, 0.05) is 6.42 Å². The summed E-state index contributed by atoms with van der Waals surface area (Å²) in [5.74, 6) is 1.54. The molecule has 2 aromatic carbocycles. The number of aryl methyl sites for hydroxylation is 1. The molecule has 3 rings (SSSR count). The summed E-state index contributed by atoms with van der Waals surface area (Å²) < 4.78 is 7.67. The van der Waals surface area contributed by atoms with Gasteiger partial charge in [-0.15, -0.1) is 0 Å². The third-order valence-electron chi connectivity index (χ3n) is 3.71. The Balaban J connectivity index is 1.73. The summed E-state index contributed by atoms with van der Waals surface area (Å²) in [5, 5.41) is 10.9. The van der Waals surface area contributed by atoms with Gasteiger partial charge in [0.05, 0.1) is 22.6 Å². The van der Waals surface area contributed by atoms with Crippen LogP contribution in [0.3, 0.4) is 0 Å². The highest BCUT2D eigenvalue weighted by Gasteiger charge is 2.14. The van der Waals surface area contributed by atoms with Gasteiger partial charge in [-0.3, -0.25) is 0 Å². The maximum absolute atomic E-state index is 10.3. The minimum atomic E-state index is -0.644. The second kappa shape index (κ2) is 7.02. The maximum atomic E-state index is 10.3. The Kier molecular flexibility index (Phi) is 4.84. The third-order valence-corrected chi connectivity index (χ3v) is 4.02. The summed E-state index contributed by atoms with van der Waals surface area (Å²) in [4.78, 5) is 4.61. The summed E-state index contributed by atoms with van der Waals surface area (Å²) >= 11 is 6.05. The smallest absolute Gasteiger partial charge is 0.138 e. The summed E-state index contributed by atoms with van der Waals surface area (Å²) in [7, 11) is 0. The van der Waals surface area contributed by atoms with E-state index < -0.39 is 6.10 Å². The number of fused-ring (bicyclic) bond motifs is 1. The van der Waals surface area contributed by atoms with Crippen molar-refractivity contribution in [3.8, 4) is 5.75 Å². The van der Waals surface area contributed by atoms with Gasteiger partial charge >= 0.3 is 0 Å². The fourth-order valence-electron chi connectivity index (χ4n) is 2.61. The number of nitrogens with zero attached hydrogens (tertiary/aromatic N) is 2. The van der Waals surface area contributed by atoms with Crippen LogP contribution in [-0.4, -0.2) is 27.4 Å². The third kappa shape index (κ3) is 3.49. The molecule has 1 N–H and O–H groups in total. The minimum absolute atomic E-state index is 0.180. The number of rotatable bonds is 6. The largest absolute Gasteiger partial charge is 0.489 e. The Morgan fingerprint density at radius 1 is 1.17 bits per heavy atom. The van der Waals surface area contributed by atoms with Crippen LogP contribution in [0.1, 0.15) is 12.7 Å². The second-order valence-corrected chi connectivity index (χ2v) is 5.78. The molecule has 0 bridgehead atoms. The Bertz CT molecular complexity index is 801. The fourth-order valence-corrected chi connectivity index (χ4v) is 2.80. The number of ether oxygens (including phenoxy) is 1. The number of hydrogen-bond donors (Lipinski definition) is 1. The van der Waals surface area contributed by atoms with Crippen LogP contribution >= 0.6 is 11.6 Å². The van der Waals surface area contributed by atoms with E-state index in [1.807, 2.05) is 36.4 Å². The average Bonchev–Trinajstić information content (AvgIpc) is 2.92. The molecule has 23 heavy (non-hydrogen) atoms. The average molecular weight is 331 g/mol. The zero-order valence-corrected chi connectivity index (χ0v) is 13.7. The molecule has 5 heteroatoms. The molecule has 120 valence electrons. The van der Waals surface area contributed by atoms with Crippen LogP contribution in [-0.2, 0) is 13.0 Å². The molecule has 1 atom stereocenters. The predicted octanol–water partition coefficient (Wildman–Crippen LogP) is 3.69. The maximum Gasteiger partial charge on any atom is 0.138 e. The van der Waals surface area contributed by atoms with Gasteiger partial charge in [0.25, 0.3) is 0 Å². The fraction of sp³-hybridized carbons (Fsp3) is 0.278. The van der Waals surface area contributed by atoms with Crippen LogP contribution in [0.15, 0.2) is 48.5 Å². The second-order valence-electron chi connectivity index (χ2n) is 5.38. The van der Waals surface area contributed by atoms with Crippen molar-refractivity contribution in [2.45, 2.75) is 26.0 Å². The van der Waals surface area contributed by atoms with E-state index in [0.29, 0.717) is 17.3 Å². The zero-order valence-electron chi connectivity index (χ0n) is 12.9. The van der Waals surface area contributed by atoms with Crippen LogP contribution < -0.4 is 4.74 Å². The highest BCUT2D eigenvalue weighted by atomic mass is 35.5. The number of aliphatic hydroxyl groups excluding tert-OH is 1. The van der Waals surface area contributed by atoms with E-state index in [-0.39, 0.29) is 6.61 Å². The molecule has 4 nitrogen and oxygen atoms in total. The molecule has 0 saturated heterocycles. The summed E-state index contributed by atoms with van der Waals surface area (Å²) in [5.41, 5.74) is 1.98. The van der Waals surface area contributed by atoms with Crippen LogP contribution in [0.2, 0.25) is 5.02 Å². The number of benzene rings is 2. The quantitative estimate of drug-likeness (QED) is 0.749. The van der Waals surface area contributed by atoms with Crippen molar-refractivity contribution in [2.24, 2.45) is 0 Å². The van der Waals surface area contributed by atoms with Gasteiger partial charge < -0.3 is 14.4 Å². The van der Waals surface area contributed by atoms with Crippen molar-refractivity contribution in [1.82, 2.24) is 9.55 Å². The summed E-state index contributed by atoms with van der Waals surface area (Å²) in [6.07, 6.45) is 0.168. The number of hydrogen-bond acceptors (Lipinski definition) is 3. The molecule has 3 aromatic rings. The number of imidazole rings is 1. The van der Waals surface area contributed by atoms with Crippen molar-refractivity contribution >= 4 is 22.6 Å². The molecule has 0 aliphatic rings. The van der Waals surface area contributed by atoms with Gasteiger partial charge in [-0.25, -0.2) is 4.98 Å². The molecule has 0 aliphatic heterocycles. The molecule has 0 amide bonds. The van der Waals surface area contributed by atoms with Gasteiger partial charge in [-0.2, -0.15) is 0 Å². The lowest BCUT2D eigenvalue weighted by Crippen LogP contribution is -2.24. The van der Waals surface area contributed by atoms with E-state index in [1.54, 1.807) is 12.1 Å². The number of aromatic nitrogens is 2. The first kappa shape index (κ1) is 15.8. The highest BCUT2D eigenvalue weighted by Crippen LogP contribution is 2.23. The van der Waals surface area contributed by atoms with Crippen molar-refractivity contribution < 1.29 is 9.84 Å². The predicted molar refractivity (Wildman–Crippen MR) is 92.1 cm³/mol. The Hall–Kier alpha value is -2.04. The van der Waals surface area contributed by atoms with Crippen LogP contribution in [0.4, 0.5) is 0 Å². The minimum Gasteiger partial charge on any atom is -0.489 e. The normalized spacial score (nSPS) is 12.5. The lowest BCUT2D eigenvalue weighted by Gasteiger charge is -2.15. The first-order valence-corrected chi connectivity index (χ1v) is 8.06. The molecule has 1 heterocycles. The number of aliphatic hydroxyl groups is 1.